The second kappa shape index (κ2) is 3.21. The zero-order valence-corrected chi connectivity index (χ0v) is 9.12. The first-order chi connectivity index (χ1) is 7.79. The van der Waals surface area contributed by atoms with E-state index in [4.69, 9.17) is 6.57 Å². The third kappa shape index (κ3) is 1.17. The summed E-state index contributed by atoms with van der Waals surface area (Å²) in [6.07, 6.45) is 0.973. The van der Waals surface area contributed by atoms with Crippen molar-refractivity contribution in [1.82, 2.24) is 0 Å². The molecule has 0 spiro atoms. The summed E-state index contributed by atoms with van der Waals surface area (Å²) >= 11 is 0. The van der Waals surface area contributed by atoms with Crippen LogP contribution >= 0.6 is 0 Å². The van der Waals surface area contributed by atoms with Gasteiger partial charge in [-0.2, -0.15) is 0 Å². The van der Waals surface area contributed by atoms with E-state index in [0.29, 0.717) is 0 Å². The quantitative estimate of drug-likeness (QED) is 0.486. The van der Waals surface area contributed by atoms with Gasteiger partial charge in [0.25, 0.3) is 0 Å². The summed E-state index contributed by atoms with van der Waals surface area (Å²) < 4.78 is 0. The first kappa shape index (κ1) is 9.18. The molecule has 0 heterocycles. The van der Waals surface area contributed by atoms with Gasteiger partial charge in [0.1, 0.15) is 0 Å². The van der Waals surface area contributed by atoms with Gasteiger partial charge in [-0.25, -0.2) is 4.85 Å². The molecule has 2 aromatic rings. The second-order valence-corrected chi connectivity index (χ2v) is 4.23. The first-order valence-electron chi connectivity index (χ1n) is 5.39. The molecule has 16 heavy (non-hydrogen) atoms. The fourth-order valence-corrected chi connectivity index (χ4v) is 2.44. The number of benzene rings is 2. The normalized spacial score (nSPS) is 11.8. The third-order valence-electron chi connectivity index (χ3n) is 3.29. The number of hydrogen-bond acceptors (Lipinski definition) is 0. The topological polar surface area (TPSA) is 4.36 Å². The second-order valence-electron chi connectivity index (χ2n) is 4.23. The van der Waals surface area contributed by atoms with Crippen molar-refractivity contribution < 1.29 is 0 Å². The lowest BCUT2D eigenvalue weighted by molar-refractivity contribution is 1.22. The molecule has 0 saturated heterocycles. The Bertz CT molecular complexity index is 618. The third-order valence-corrected chi connectivity index (χ3v) is 3.29. The molecule has 0 bridgehead atoms. The predicted octanol–water partition coefficient (Wildman–Crippen LogP) is 4.12. The van der Waals surface area contributed by atoms with Gasteiger partial charge in [0.2, 0.25) is 0 Å². The van der Waals surface area contributed by atoms with Crippen molar-refractivity contribution in [2.24, 2.45) is 0 Å². The van der Waals surface area contributed by atoms with Crippen LogP contribution in [0.3, 0.4) is 0 Å². The Morgan fingerprint density at radius 1 is 1.12 bits per heavy atom. The minimum absolute atomic E-state index is 0.740. The highest BCUT2D eigenvalue weighted by atomic mass is 14.6. The lowest BCUT2D eigenvalue weighted by Gasteiger charge is -2.02. The van der Waals surface area contributed by atoms with Gasteiger partial charge in [-0.3, -0.25) is 0 Å². The number of hydrogen-bond donors (Lipinski definition) is 0. The summed E-state index contributed by atoms with van der Waals surface area (Å²) in [6, 6.07) is 12.4. The van der Waals surface area contributed by atoms with Crippen LogP contribution in [0, 0.1) is 13.5 Å². The summed E-state index contributed by atoms with van der Waals surface area (Å²) in [6.45, 7) is 9.19. The molecular weight excluding hydrogens is 194 g/mol. The molecule has 76 valence electrons. The standard InChI is InChI=1S/C15H11N/c1-10-4-3-5-14-13-7-6-12(16-2)8-11(13)9-15(10)14/h3-8H,9H2,1H3. The fraction of sp³-hybridized carbons (Fsp3) is 0.133. The van der Waals surface area contributed by atoms with Crippen molar-refractivity contribution >= 4 is 5.69 Å². The predicted molar refractivity (Wildman–Crippen MR) is 65.7 cm³/mol. The summed E-state index contributed by atoms with van der Waals surface area (Å²) in [4.78, 5) is 3.48. The molecule has 0 fully saturated rings. The molecule has 0 amide bonds. The van der Waals surface area contributed by atoms with E-state index < -0.39 is 0 Å². The van der Waals surface area contributed by atoms with Crippen LogP contribution in [0.1, 0.15) is 16.7 Å². The van der Waals surface area contributed by atoms with Crippen molar-refractivity contribution in [3.63, 3.8) is 0 Å². The van der Waals surface area contributed by atoms with E-state index in [0.717, 1.165) is 12.1 Å². The molecular formula is C15H11N. The smallest absolute Gasteiger partial charge is 0.187 e. The SMILES string of the molecule is [C-]#[N+]c1ccc2c(c1)Cc1c(C)cccc1-2. The van der Waals surface area contributed by atoms with E-state index in [9.17, 15) is 0 Å². The van der Waals surface area contributed by atoms with Crippen LogP contribution < -0.4 is 0 Å². The van der Waals surface area contributed by atoms with Crippen LogP contribution in [-0.2, 0) is 6.42 Å². The summed E-state index contributed by atoms with van der Waals surface area (Å²) in [5.74, 6) is 0. The molecule has 0 N–H and O–H groups in total. The molecule has 0 unspecified atom stereocenters. The molecule has 0 radical (unpaired) electrons. The van der Waals surface area contributed by atoms with E-state index in [2.05, 4.69) is 36.0 Å². The number of aryl methyl sites for hydroxylation is 1. The van der Waals surface area contributed by atoms with Crippen molar-refractivity contribution in [2.75, 3.05) is 0 Å². The molecule has 0 aliphatic heterocycles. The van der Waals surface area contributed by atoms with E-state index in [1.54, 1.807) is 0 Å². The maximum atomic E-state index is 7.03. The number of nitrogens with zero attached hydrogens (tertiary/aromatic N) is 1. The fourth-order valence-electron chi connectivity index (χ4n) is 2.44. The van der Waals surface area contributed by atoms with Crippen molar-refractivity contribution in [1.29, 1.82) is 0 Å². The van der Waals surface area contributed by atoms with E-state index >= 15 is 0 Å². The van der Waals surface area contributed by atoms with Gasteiger partial charge in [-0.15, -0.1) is 0 Å². The van der Waals surface area contributed by atoms with Crippen LogP contribution in [0.2, 0.25) is 0 Å². The van der Waals surface area contributed by atoms with Crippen molar-refractivity contribution in [3.8, 4) is 11.1 Å². The minimum atomic E-state index is 0.740. The van der Waals surface area contributed by atoms with Gasteiger partial charge < -0.3 is 0 Å². The zero-order chi connectivity index (χ0) is 11.1. The Kier molecular flexibility index (Phi) is 1.84. The number of fused-ring (bicyclic) bond motifs is 3. The Labute approximate surface area is 95.2 Å². The maximum absolute atomic E-state index is 7.03. The molecule has 0 saturated carbocycles. The van der Waals surface area contributed by atoms with E-state index in [-0.39, 0.29) is 0 Å². The van der Waals surface area contributed by atoms with Gasteiger partial charge in [-0.05, 0) is 41.2 Å². The molecule has 3 rings (SSSR count). The lowest BCUT2D eigenvalue weighted by Crippen LogP contribution is -1.84. The monoisotopic (exact) mass is 205 g/mol. The highest BCUT2D eigenvalue weighted by Gasteiger charge is 2.19. The van der Waals surface area contributed by atoms with Crippen molar-refractivity contribution in [2.45, 2.75) is 13.3 Å². The van der Waals surface area contributed by atoms with Crippen LogP contribution in [0.25, 0.3) is 16.0 Å². The van der Waals surface area contributed by atoms with Crippen LogP contribution in [0.4, 0.5) is 5.69 Å². The van der Waals surface area contributed by atoms with Gasteiger partial charge in [-0.1, -0.05) is 36.4 Å². The number of rotatable bonds is 0. The van der Waals surface area contributed by atoms with E-state index in [1.165, 1.54) is 27.8 Å². The van der Waals surface area contributed by atoms with Crippen LogP contribution in [0.15, 0.2) is 36.4 Å². The Morgan fingerprint density at radius 3 is 2.81 bits per heavy atom. The molecule has 0 atom stereocenters. The highest BCUT2D eigenvalue weighted by Crippen LogP contribution is 2.39. The maximum Gasteiger partial charge on any atom is 0.187 e. The Morgan fingerprint density at radius 2 is 2.00 bits per heavy atom. The largest absolute Gasteiger partial charge is 0.238 e. The Balaban J connectivity index is 2.25. The van der Waals surface area contributed by atoms with Crippen molar-refractivity contribution in [3.05, 3.63) is 64.5 Å². The summed E-state index contributed by atoms with van der Waals surface area (Å²) in [5, 5.41) is 0. The van der Waals surface area contributed by atoms with Gasteiger partial charge >= 0.3 is 0 Å². The van der Waals surface area contributed by atoms with E-state index in [1.807, 2.05) is 12.1 Å². The van der Waals surface area contributed by atoms with Gasteiger partial charge in [0, 0.05) is 0 Å². The molecule has 2 aromatic carbocycles. The minimum Gasteiger partial charge on any atom is -0.238 e. The van der Waals surface area contributed by atoms with Crippen LogP contribution in [-0.4, -0.2) is 0 Å². The van der Waals surface area contributed by atoms with Crippen LogP contribution in [0.5, 0.6) is 0 Å². The first-order valence-corrected chi connectivity index (χ1v) is 5.39. The summed E-state index contributed by atoms with van der Waals surface area (Å²) in [7, 11) is 0. The zero-order valence-electron chi connectivity index (χ0n) is 9.12. The molecule has 0 aromatic heterocycles. The molecule has 1 heteroatoms. The molecule has 1 aliphatic carbocycles. The lowest BCUT2D eigenvalue weighted by atomic mass is 10.0. The van der Waals surface area contributed by atoms with Gasteiger partial charge in [0.15, 0.2) is 5.69 Å². The molecule has 1 aliphatic rings. The average Bonchev–Trinajstić information content (AvgIpc) is 2.68. The highest BCUT2D eigenvalue weighted by molar-refractivity contribution is 5.79. The summed E-state index contributed by atoms with van der Waals surface area (Å²) in [5.41, 5.74) is 7.43. The Hall–Kier alpha value is -2.07. The molecule has 1 nitrogen and oxygen atoms in total. The van der Waals surface area contributed by atoms with Gasteiger partial charge in [0.05, 0.1) is 6.57 Å². The average molecular weight is 205 g/mol.